The Labute approximate surface area is 108 Å². The Morgan fingerprint density at radius 3 is 2.65 bits per heavy atom. The summed E-state index contributed by atoms with van der Waals surface area (Å²) in [5, 5.41) is 0.459. The van der Waals surface area contributed by atoms with Gasteiger partial charge in [0.15, 0.2) is 11.6 Å². The number of ether oxygens (including phenoxy) is 1. The maximum atomic E-state index is 13.3. The highest BCUT2D eigenvalue weighted by Gasteiger charge is 2.07. The zero-order chi connectivity index (χ0) is 12.3. The quantitative estimate of drug-likeness (QED) is 0.772. The molecule has 2 aromatic rings. The van der Waals surface area contributed by atoms with Crippen molar-refractivity contribution in [3.05, 3.63) is 52.9 Å². The minimum Gasteiger partial charge on any atom is -0.436 e. The summed E-state index contributed by atoms with van der Waals surface area (Å²) in [6, 6.07) is 9.27. The minimum absolute atomic E-state index is 0.114. The fraction of sp³-hybridized carbons (Fsp3) is 0.0833. The highest BCUT2D eigenvalue weighted by Crippen LogP contribution is 2.25. The summed E-state index contributed by atoms with van der Waals surface area (Å²) in [5.74, 6) is 0.0995. The number of halogens is 3. The molecule has 0 aliphatic heterocycles. The molecule has 1 aromatic heterocycles. The largest absolute Gasteiger partial charge is 0.436 e. The van der Waals surface area contributed by atoms with Crippen molar-refractivity contribution in [1.82, 2.24) is 4.98 Å². The monoisotopic (exact) mass is 271 g/mol. The van der Waals surface area contributed by atoms with Crippen LogP contribution in [0.3, 0.4) is 0 Å². The first kappa shape index (κ1) is 12.1. The van der Waals surface area contributed by atoms with Crippen LogP contribution in [0.5, 0.6) is 11.6 Å². The predicted molar refractivity (Wildman–Crippen MR) is 65.3 cm³/mol. The number of hydrogen-bond donors (Lipinski definition) is 0. The summed E-state index contributed by atoms with van der Waals surface area (Å²) < 4.78 is 18.6. The number of rotatable bonds is 3. The van der Waals surface area contributed by atoms with Gasteiger partial charge in [0, 0.05) is 6.07 Å². The summed E-state index contributed by atoms with van der Waals surface area (Å²) in [6.07, 6.45) is 0. The lowest BCUT2D eigenvalue weighted by Crippen LogP contribution is -1.94. The molecule has 0 amide bonds. The van der Waals surface area contributed by atoms with E-state index >= 15 is 0 Å². The average Bonchev–Trinajstić information content (AvgIpc) is 2.34. The van der Waals surface area contributed by atoms with E-state index in [4.69, 9.17) is 27.9 Å². The molecule has 88 valence electrons. The van der Waals surface area contributed by atoms with Gasteiger partial charge in [-0.15, -0.1) is 11.6 Å². The molecule has 5 heteroatoms. The van der Waals surface area contributed by atoms with Crippen LogP contribution < -0.4 is 4.74 Å². The van der Waals surface area contributed by atoms with Gasteiger partial charge in [0.2, 0.25) is 5.88 Å². The Morgan fingerprint density at radius 2 is 1.94 bits per heavy atom. The molecule has 0 unspecified atom stereocenters. The van der Waals surface area contributed by atoms with Crippen molar-refractivity contribution in [3.8, 4) is 11.6 Å². The molecular formula is C12H8Cl2FNO. The molecule has 0 saturated heterocycles. The summed E-state index contributed by atoms with van der Waals surface area (Å²) in [6.45, 7) is 0. The highest BCUT2D eigenvalue weighted by atomic mass is 35.5. The number of hydrogen-bond acceptors (Lipinski definition) is 2. The van der Waals surface area contributed by atoms with E-state index in [1.165, 1.54) is 12.1 Å². The average molecular weight is 272 g/mol. The van der Waals surface area contributed by atoms with Crippen LogP contribution in [0, 0.1) is 5.82 Å². The highest BCUT2D eigenvalue weighted by molar-refractivity contribution is 6.32. The van der Waals surface area contributed by atoms with Gasteiger partial charge in [0.25, 0.3) is 0 Å². The topological polar surface area (TPSA) is 22.1 Å². The fourth-order valence-corrected chi connectivity index (χ4v) is 1.70. The summed E-state index contributed by atoms with van der Waals surface area (Å²) in [7, 11) is 0. The van der Waals surface area contributed by atoms with Crippen LogP contribution in [0.4, 0.5) is 4.39 Å². The van der Waals surface area contributed by atoms with Crippen LogP contribution in [0.25, 0.3) is 0 Å². The van der Waals surface area contributed by atoms with Crippen molar-refractivity contribution in [2.45, 2.75) is 5.88 Å². The second-order valence-corrected chi connectivity index (χ2v) is 3.92. The molecule has 0 N–H and O–H groups in total. The minimum atomic E-state index is -0.448. The molecule has 0 saturated carbocycles. The standard InChI is InChI=1S/C12H8Cl2FNO/c13-7-10-8(14)5-6-12(16-10)17-11-4-2-1-3-9(11)15/h1-6H,7H2. The third-order valence-corrected chi connectivity index (χ3v) is 2.67. The van der Waals surface area contributed by atoms with Gasteiger partial charge in [-0.05, 0) is 18.2 Å². The molecule has 2 rings (SSSR count). The zero-order valence-corrected chi connectivity index (χ0v) is 10.2. The number of para-hydroxylation sites is 1. The maximum Gasteiger partial charge on any atom is 0.219 e. The van der Waals surface area contributed by atoms with Crippen molar-refractivity contribution < 1.29 is 9.13 Å². The lowest BCUT2D eigenvalue weighted by Gasteiger charge is -2.07. The third-order valence-electron chi connectivity index (χ3n) is 2.07. The molecule has 17 heavy (non-hydrogen) atoms. The van der Waals surface area contributed by atoms with Gasteiger partial charge in [0.1, 0.15) is 0 Å². The SMILES string of the molecule is Fc1ccccc1Oc1ccc(Cl)c(CCl)n1. The number of benzene rings is 1. The van der Waals surface area contributed by atoms with Gasteiger partial charge in [-0.3, -0.25) is 0 Å². The molecule has 0 atom stereocenters. The maximum absolute atomic E-state index is 13.3. The lowest BCUT2D eigenvalue weighted by molar-refractivity contribution is 0.426. The number of nitrogens with zero attached hydrogens (tertiary/aromatic N) is 1. The number of alkyl halides is 1. The first-order valence-corrected chi connectivity index (χ1v) is 5.75. The number of aromatic nitrogens is 1. The van der Waals surface area contributed by atoms with Gasteiger partial charge in [-0.1, -0.05) is 23.7 Å². The Hall–Kier alpha value is -1.32. The van der Waals surface area contributed by atoms with Crippen molar-refractivity contribution >= 4 is 23.2 Å². The molecule has 2 nitrogen and oxygen atoms in total. The first-order valence-electron chi connectivity index (χ1n) is 4.84. The van der Waals surface area contributed by atoms with Crippen LogP contribution in [-0.2, 0) is 5.88 Å². The fourth-order valence-electron chi connectivity index (χ4n) is 1.26. The van der Waals surface area contributed by atoms with E-state index in [-0.39, 0.29) is 17.5 Å². The van der Waals surface area contributed by atoms with Crippen LogP contribution >= 0.6 is 23.2 Å². The molecule has 0 bridgehead atoms. The van der Waals surface area contributed by atoms with Crippen molar-refractivity contribution in [3.63, 3.8) is 0 Å². The molecule has 1 heterocycles. The van der Waals surface area contributed by atoms with Crippen molar-refractivity contribution in [2.75, 3.05) is 0 Å². The first-order chi connectivity index (χ1) is 8.20. The molecule has 0 aliphatic rings. The zero-order valence-electron chi connectivity index (χ0n) is 8.66. The molecular weight excluding hydrogens is 264 g/mol. The van der Waals surface area contributed by atoms with Gasteiger partial charge in [-0.2, -0.15) is 0 Å². The van der Waals surface area contributed by atoms with E-state index in [0.717, 1.165) is 0 Å². The Bertz CT molecular complexity index is 534. The Balaban J connectivity index is 2.28. The Morgan fingerprint density at radius 1 is 1.18 bits per heavy atom. The van der Waals surface area contributed by atoms with Gasteiger partial charge in [-0.25, -0.2) is 9.37 Å². The van der Waals surface area contributed by atoms with Crippen LogP contribution in [-0.4, -0.2) is 4.98 Å². The molecule has 0 fully saturated rings. The van der Waals surface area contributed by atoms with E-state index in [2.05, 4.69) is 4.98 Å². The van der Waals surface area contributed by atoms with E-state index in [1.807, 2.05) is 0 Å². The van der Waals surface area contributed by atoms with E-state index in [1.54, 1.807) is 24.3 Å². The number of pyridine rings is 1. The van der Waals surface area contributed by atoms with Gasteiger partial charge < -0.3 is 4.74 Å². The second-order valence-electron chi connectivity index (χ2n) is 3.24. The van der Waals surface area contributed by atoms with Crippen LogP contribution in [0.15, 0.2) is 36.4 Å². The molecule has 1 aromatic carbocycles. The van der Waals surface area contributed by atoms with Gasteiger partial charge >= 0.3 is 0 Å². The molecule has 0 aliphatic carbocycles. The Kier molecular flexibility index (Phi) is 3.82. The smallest absolute Gasteiger partial charge is 0.219 e. The van der Waals surface area contributed by atoms with E-state index in [0.29, 0.717) is 10.7 Å². The van der Waals surface area contributed by atoms with E-state index in [9.17, 15) is 4.39 Å². The third kappa shape index (κ3) is 2.87. The van der Waals surface area contributed by atoms with Crippen LogP contribution in [0.1, 0.15) is 5.69 Å². The van der Waals surface area contributed by atoms with Crippen molar-refractivity contribution in [2.24, 2.45) is 0 Å². The summed E-state index contributed by atoms with van der Waals surface area (Å²) in [5.41, 5.74) is 0.502. The lowest BCUT2D eigenvalue weighted by atomic mass is 10.3. The van der Waals surface area contributed by atoms with Crippen LogP contribution in [0.2, 0.25) is 5.02 Å². The predicted octanol–water partition coefficient (Wildman–Crippen LogP) is 4.41. The second kappa shape index (κ2) is 5.34. The molecule has 0 spiro atoms. The molecule has 0 radical (unpaired) electrons. The summed E-state index contributed by atoms with van der Waals surface area (Å²) in [4.78, 5) is 4.07. The van der Waals surface area contributed by atoms with Crippen molar-refractivity contribution in [1.29, 1.82) is 0 Å². The van der Waals surface area contributed by atoms with E-state index < -0.39 is 5.82 Å². The summed E-state index contributed by atoms with van der Waals surface area (Å²) >= 11 is 11.5. The van der Waals surface area contributed by atoms with Gasteiger partial charge in [0.05, 0.1) is 16.6 Å². The normalized spacial score (nSPS) is 10.3.